The predicted molar refractivity (Wildman–Crippen MR) is 181 cm³/mol. The van der Waals surface area contributed by atoms with Crippen molar-refractivity contribution in [2.75, 3.05) is 0 Å². The van der Waals surface area contributed by atoms with Gasteiger partial charge in [0.25, 0.3) is 0 Å². The molecule has 3 nitrogen and oxygen atoms in total. The monoisotopic (exact) mass is 567 g/mol. The van der Waals surface area contributed by atoms with Crippen LogP contribution in [0.25, 0.3) is 67.2 Å². The van der Waals surface area contributed by atoms with Crippen LogP contribution in [0.5, 0.6) is 0 Å². The smallest absolute Gasteiger partial charge is 0.164 e. The molecule has 43 heavy (non-hydrogen) atoms. The van der Waals surface area contributed by atoms with E-state index in [0.717, 1.165) is 27.9 Å². The molecule has 0 unspecified atom stereocenters. The molecule has 0 saturated carbocycles. The third kappa shape index (κ3) is 4.30. The number of hydrogen-bond acceptors (Lipinski definition) is 3. The Morgan fingerprint density at radius 3 is 1.67 bits per heavy atom. The molecule has 204 valence electrons. The van der Waals surface area contributed by atoms with Crippen molar-refractivity contribution in [2.24, 2.45) is 0 Å². The molecule has 1 aliphatic heterocycles. The maximum absolute atomic E-state index is 5.18. The molecule has 8 rings (SSSR count). The molecule has 6 aromatic carbocycles. The third-order valence-electron chi connectivity index (χ3n) is 8.69. The average Bonchev–Trinajstić information content (AvgIpc) is 3.31. The molecule has 0 amide bonds. The van der Waals surface area contributed by atoms with Gasteiger partial charge in [0.15, 0.2) is 17.5 Å². The molecular formula is C39H29N3Si. The van der Waals surface area contributed by atoms with E-state index in [9.17, 15) is 0 Å². The van der Waals surface area contributed by atoms with Crippen LogP contribution < -0.4 is 10.4 Å². The van der Waals surface area contributed by atoms with Gasteiger partial charge in [-0.2, -0.15) is 0 Å². The van der Waals surface area contributed by atoms with Gasteiger partial charge in [-0.25, -0.2) is 15.0 Å². The van der Waals surface area contributed by atoms with E-state index in [4.69, 9.17) is 15.0 Å². The van der Waals surface area contributed by atoms with E-state index < -0.39 is 8.07 Å². The van der Waals surface area contributed by atoms with Gasteiger partial charge in [-0.1, -0.05) is 140 Å². The van der Waals surface area contributed by atoms with Crippen molar-refractivity contribution in [3.8, 4) is 56.4 Å². The fourth-order valence-corrected chi connectivity index (χ4v) is 10.0. The molecule has 2 heterocycles. The highest BCUT2D eigenvalue weighted by Crippen LogP contribution is 2.34. The van der Waals surface area contributed by atoms with Crippen molar-refractivity contribution in [3.63, 3.8) is 0 Å². The van der Waals surface area contributed by atoms with Crippen molar-refractivity contribution in [2.45, 2.75) is 13.1 Å². The lowest BCUT2D eigenvalue weighted by atomic mass is 10.00. The highest BCUT2D eigenvalue weighted by atomic mass is 28.3. The van der Waals surface area contributed by atoms with Crippen LogP contribution in [-0.2, 0) is 0 Å². The highest BCUT2D eigenvalue weighted by molar-refractivity contribution is 7.04. The van der Waals surface area contributed by atoms with Crippen LogP contribution >= 0.6 is 0 Å². The van der Waals surface area contributed by atoms with Gasteiger partial charge in [0.05, 0.1) is 0 Å². The Morgan fingerprint density at radius 2 is 0.930 bits per heavy atom. The molecular weight excluding hydrogens is 539 g/mol. The molecule has 0 bridgehead atoms. The molecule has 0 spiro atoms. The molecule has 0 aliphatic carbocycles. The van der Waals surface area contributed by atoms with E-state index in [0.29, 0.717) is 11.6 Å². The zero-order valence-electron chi connectivity index (χ0n) is 24.1. The Morgan fingerprint density at radius 1 is 0.395 bits per heavy atom. The van der Waals surface area contributed by atoms with E-state index in [2.05, 4.69) is 134 Å². The van der Waals surface area contributed by atoms with E-state index in [1.54, 1.807) is 0 Å². The number of benzene rings is 6. The highest BCUT2D eigenvalue weighted by Gasteiger charge is 2.39. The van der Waals surface area contributed by atoms with Crippen molar-refractivity contribution in [3.05, 3.63) is 140 Å². The topological polar surface area (TPSA) is 38.7 Å². The molecule has 1 aromatic heterocycles. The summed E-state index contributed by atoms with van der Waals surface area (Å²) in [6.45, 7) is 4.88. The second kappa shape index (κ2) is 9.97. The molecule has 1 aliphatic rings. The van der Waals surface area contributed by atoms with Gasteiger partial charge in [-0.05, 0) is 55.5 Å². The molecule has 0 saturated heterocycles. The van der Waals surface area contributed by atoms with E-state index in [1.807, 2.05) is 18.2 Å². The number of rotatable bonds is 4. The average molecular weight is 568 g/mol. The van der Waals surface area contributed by atoms with Crippen molar-refractivity contribution >= 4 is 29.2 Å². The second-order valence-corrected chi connectivity index (χ2v) is 16.0. The first kappa shape index (κ1) is 25.5. The van der Waals surface area contributed by atoms with Crippen LogP contribution in [0.4, 0.5) is 0 Å². The lowest BCUT2D eigenvalue weighted by Gasteiger charge is -2.21. The number of fused-ring (bicyclic) bond motifs is 4. The summed E-state index contributed by atoms with van der Waals surface area (Å²) in [5.41, 5.74) is 8.15. The standard InChI is InChI=1S/C39H29N3Si/c1-43(2)35-19-10-9-16-32(35)33-17-11-18-34(36(33)43)39-41-37(27-14-7-4-8-15-27)40-38(42-39)31-23-22-29-24-28(20-21-30(29)25-31)26-12-5-3-6-13-26/h3-25H,1-2H3. The normalized spacial score (nSPS) is 13.1. The summed E-state index contributed by atoms with van der Waals surface area (Å²) in [6, 6.07) is 49.3. The molecule has 0 radical (unpaired) electrons. The van der Waals surface area contributed by atoms with Crippen LogP contribution in [0.15, 0.2) is 140 Å². The fourth-order valence-electron chi connectivity index (χ4n) is 6.57. The number of nitrogens with zero attached hydrogens (tertiary/aromatic N) is 3. The minimum atomic E-state index is -1.97. The maximum Gasteiger partial charge on any atom is 0.164 e. The van der Waals surface area contributed by atoms with Gasteiger partial charge < -0.3 is 0 Å². The van der Waals surface area contributed by atoms with Crippen LogP contribution in [0, 0.1) is 0 Å². The Labute approximate surface area is 252 Å². The van der Waals surface area contributed by atoms with Crippen molar-refractivity contribution in [1.82, 2.24) is 15.0 Å². The zero-order chi connectivity index (χ0) is 29.0. The van der Waals surface area contributed by atoms with E-state index >= 15 is 0 Å². The van der Waals surface area contributed by atoms with Crippen molar-refractivity contribution < 1.29 is 0 Å². The lowest BCUT2D eigenvalue weighted by molar-refractivity contribution is 1.08. The van der Waals surface area contributed by atoms with Crippen LogP contribution in [0.2, 0.25) is 13.1 Å². The van der Waals surface area contributed by atoms with Crippen molar-refractivity contribution in [1.29, 1.82) is 0 Å². The van der Waals surface area contributed by atoms with Crippen LogP contribution in [-0.4, -0.2) is 23.0 Å². The SMILES string of the molecule is C[Si]1(C)c2ccccc2-c2cccc(-c3nc(-c4ccccc4)nc(-c4ccc5cc(-c6ccccc6)ccc5c4)n3)c21. The first-order valence-corrected chi connectivity index (χ1v) is 17.7. The molecule has 0 atom stereocenters. The first-order valence-electron chi connectivity index (χ1n) is 14.7. The maximum atomic E-state index is 5.18. The van der Waals surface area contributed by atoms with Gasteiger partial charge in [0, 0.05) is 16.7 Å². The van der Waals surface area contributed by atoms with Gasteiger partial charge in [-0.3, -0.25) is 0 Å². The fraction of sp³-hybridized carbons (Fsp3) is 0.0513. The zero-order valence-corrected chi connectivity index (χ0v) is 25.1. The summed E-state index contributed by atoms with van der Waals surface area (Å²) in [5.74, 6) is 2.10. The van der Waals surface area contributed by atoms with Gasteiger partial charge in [-0.15, -0.1) is 0 Å². The largest absolute Gasteiger partial charge is 0.208 e. The van der Waals surface area contributed by atoms with Gasteiger partial charge in [0.1, 0.15) is 8.07 Å². The number of hydrogen-bond donors (Lipinski definition) is 0. The number of aromatic nitrogens is 3. The summed E-state index contributed by atoms with van der Waals surface area (Å²) in [5, 5.41) is 5.22. The molecule has 7 aromatic rings. The van der Waals surface area contributed by atoms with Crippen LogP contribution in [0.1, 0.15) is 0 Å². The summed E-state index contributed by atoms with van der Waals surface area (Å²) >= 11 is 0. The Kier molecular flexibility index (Phi) is 5.91. The third-order valence-corrected chi connectivity index (χ3v) is 12.3. The molecule has 0 fully saturated rings. The quantitative estimate of drug-likeness (QED) is 0.200. The summed E-state index contributed by atoms with van der Waals surface area (Å²) in [4.78, 5) is 15.3. The van der Waals surface area contributed by atoms with Gasteiger partial charge >= 0.3 is 0 Å². The van der Waals surface area contributed by atoms with Crippen LogP contribution in [0.3, 0.4) is 0 Å². The minimum absolute atomic E-state index is 0.686. The van der Waals surface area contributed by atoms with E-state index in [1.165, 1.54) is 38.0 Å². The molecule has 0 N–H and O–H groups in total. The summed E-state index contributed by atoms with van der Waals surface area (Å²) in [7, 11) is -1.97. The van der Waals surface area contributed by atoms with E-state index in [-0.39, 0.29) is 0 Å². The summed E-state index contributed by atoms with van der Waals surface area (Å²) in [6.07, 6.45) is 0. The van der Waals surface area contributed by atoms with Gasteiger partial charge in [0.2, 0.25) is 0 Å². The molecule has 4 heteroatoms. The summed E-state index contributed by atoms with van der Waals surface area (Å²) < 4.78 is 0. The Bertz CT molecular complexity index is 2150. The Hall–Kier alpha value is -5.19. The Balaban J connectivity index is 1.30. The minimum Gasteiger partial charge on any atom is -0.208 e. The first-order chi connectivity index (χ1) is 21.1. The predicted octanol–water partition coefficient (Wildman–Crippen LogP) is 8.50. The second-order valence-electron chi connectivity index (χ2n) is 11.7. The lowest BCUT2D eigenvalue weighted by Crippen LogP contribution is -2.50.